The molecular weight excluding hydrogens is 516 g/mol. The first kappa shape index (κ1) is 26.1. The van der Waals surface area contributed by atoms with Crippen molar-refractivity contribution in [2.45, 2.75) is 33.0 Å². The van der Waals surface area contributed by atoms with Crippen LogP contribution in [-0.4, -0.2) is 21.9 Å². The Bertz CT molecular complexity index is 1880. The van der Waals surface area contributed by atoms with Gasteiger partial charge in [-0.25, -0.2) is 4.79 Å². The lowest BCUT2D eigenvalue weighted by Gasteiger charge is -2.19. The molecule has 1 atom stereocenters. The second kappa shape index (κ2) is 10.4. The Kier molecular flexibility index (Phi) is 6.63. The Morgan fingerprint density at radius 2 is 1.73 bits per heavy atom. The largest absolute Gasteiger partial charge is 0.478 e. The molecule has 4 aromatic carbocycles. The SMILES string of the molecule is Cc1cc(C(C)Nc2ccccc2C(=O)O)c2oc(-c3ccc4c(c3)CN(Cc3ccccc3)C4=O)cc(=O)c2c1. The maximum absolute atomic E-state index is 13.3. The van der Waals surface area contributed by atoms with Gasteiger partial charge in [0.2, 0.25) is 0 Å². The molecule has 5 aromatic rings. The van der Waals surface area contributed by atoms with Gasteiger partial charge in [0.1, 0.15) is 11.3 Å². The van der Waals surface area contributed by atoms with Crippen molar-refractivity contribution in [1.29, 1.82) is 0 Å². The topological polar surface area (TPSA) is 99.8 Å². The number of hydrogen-bond donors (Lipinski definition) is 2. The number of nitrogens with one attached hydrogen (secondary N) is 1. The maximum Gasteiger partial charge on any atom is 0.337 e. The first-order valence-corrected chi connectivity index (χ1v) is 13.4. The number of carbonyl (C=O) groups excluding carboxylic acids is 1. The first-order valence-electron chi connectivity index (χ1n) is 13.4. The number of hydrogen-bond acceptors (Lipinski definition) is 5. The second-order valence-corrected chi connectivity index (χ2v) is 10.4. The highest BCUT2D eigenvalue weighted by Crippen LogP contribution is 2.33. The summed E-state index contributed by atoms with van der Waals surface area (Å²) in [4.78, 5) is 39.9. The normalized spacial score (nSPS) is 13.3. The van der Waals surface area contributed by atoms with Gasteiger partial charge in [0.15, 0.2) is 5.43 Å². The van der Waals surface area contributed by atoms with Gasteiger partial charge >= 0.3 is 5.97 Å². The maximum atomic E-state index is 13.3. The van der Waals surface area contributed by atoms with E-state index in [0.29, 0.717) is 46.6 Å². The van der Waals surface area contributed by atoms with Crippen molar-refractivity contribution in [3.63, 3.8) is 0 Å². The Hall–Kier alpha value is -5.17. The molecule has 0 spiro atoms. The number of anilines is 1. The molecule has 2 heterocycles. The number of amides is 1. The van der Waals surface area contributed by atoms with Gasteiger partial charge in [-0.2, -0.15) is 0 Å². The molecule has 7 heteroatoms. The Balaban J connectivity index is 1.36. The van der Waals surface area contributed by atoms with Gasteiger partial charge in [-0.15, -0.1) is 0 Å². The van der Waals surface area contributed by atoms with E-state index in [1.54, 1.807) is 36.4 Å². The Morgan fingerprint density at radius 1 is 0.976 bits per heavy atom. The van der Waals surface area contributed by atoms with Gasteiger partial charge in [0, 0.05) is 41.5 Å². The van der Waals surface area contributed by atoms with Crippen LogP contribution in [0.1, 0.15) is 55.9 Å². The van der Waals surface area contributed by atoms with E-state index < -0.39 is 5.97 Å². The average molecular weight is 545 g/mol. The van der Waals surface area contributed by atoms with E-state index in [9.17, 15) is 19.5 Å². The fourth-order valence-electron chi connectivity index (χ4n) is 5.47. The first-order chi connectivity index (χ1) is 19.8. The molecule has 1 aliphatic heterocycles. The van der Waals surface area contributed by atoms with Gasteiger partial charge in [0.25, 0.3) is 5.91 Å². The fraction of sp³-hybridized carbons (Fsp3) is 0.147. The van der Waals surface area contributed by atoms with Crippen molar-refractivity contribution < 1.29 is 19.1 Å². The molecule has 2 N–H and O–H groups in total. The summed E-state index contributed by atoms with van der Waals surface area (Å²) >= 11 is 0. The van der Waals surface area contributed by atoms with Crippen molar-refractivity contribution >= 4 is 28.5 Å². The molecule has 1 aliphatic rings. The van der Waals surface area contributed by atoms with Crippen molar-refractivity contribution in [2.75, 3.05) is 5.32 Å². The average Bonchev–Trinajstić information content (AvgIpc) is 3.27. The minimum atomic E-state index is -1.03. The third-order valence-corrected chi connectivity index (χ3v) is 7.48. The zero-order valence-electron chi connectivity index (χ0n) is 22.7. The number of benzene rings is 4. The monoisotopic (exact) mass is 544 g/mol. The quantitative estimate of drug-likeness (QED) is 0.234. The van der Waals surface area contributed by atoms with E-state index in [1.807, 2.05) is 67.3 Å². The van der Waals surface area contributed by atoms with Crippen LogP contribution < -0.4 is 10.7 Å². The van der Waals surface area contributed by atoms with E-state index in [0.717, 1.165) is 22.3 Å². The van der Waals surface area contributed by atoms with E-state index in [1.165, 1.54) is 6.07 Å². The number of aryl methyl sites for hydroxylation is 1. The van der Waals surface area contributed by atoms with E-state index in [-0.39, 0.29) is 22.9 Å². The summed E-state index contributed by atoms with van der Waals surface area (Å²) in [6.45, 7) is 4.81. The van der Waals surface area contributed by atoms with Crippen LogP contribution in [0.4, 0.5) is 5.69 Å². The lowest BCUT2D eigenvalue weighted by atomic mass is 9.99. The lowest BCUT2D eigenvalue weighted by molar-refractivity contribution is 0.0696. The van der Waals surface area contributed by atoms with E-state index >= 15 is 0 Å². The summed E-state index contributed by atoms with van der Waals surface area (Å²) in [6.07, 6.45) is 0. The summed E-state index contributed by atoms with van der Waals surface area (Å²) in [7, 11) is 0. The minimum Gasteiger partial charge on any atom is -0.478 e. The van der Waals surface area contributed by atoms with Gasteiger partial charge in [0.05, 0.1) is 17.0 Å². The third-order valence-electron chi connectivity index (χ3n) is 7.48. The number of carboxylic acids is 1. The van der Waals surface area contributed by atoms with Crippen LogP contribution in [-0.2, 0) is 13.1 Å². The molecule has 0 radical (unpaired) electrons. The number of fused-ring (bicyclic) bond motifs is 2. The molecule has 7 nitrogen and oxygen atoms in total. The summed E-state index contributed by atoms with van der Waals surface area (Å²) in [5, 5.41) is 13.4. The highest BCUT2D eigenvalue weighted by molar-refractivity contribution is 5.99. The van der Waals surface area contributed by atoms with Crippen molar-refractivity contribution in [3.05, 3.63) is 135 Å². The molecule has 1 unspecified atom stereocenters. The second-order valence-electron chi connectivity index (χ2n) is 10.4. The van der Waals surface area contributed by atoms with Crippen LogP contribution >= 0.6 is 0 Å². The molecule has 1 amide bonds. The Morgan fingerprint density at radius 3 is 2.51 bits per heavy atom. The zero-order valence-corrected chi connectivity index (χ0v) is 22.7. The lowest BCUT2D eigenvalue weighted by Crippen LogP contribution is -2.23. The van der Waals surface area contributed by atoms with E-state index in [2.05, 4.69) is 5.32 Å². The number of rotatable bonds is 7. The number of nitrogens with zero attached hydrogens (tertiary/aromatic N) is 1. The zero-order chi connectivity index (χ0) is 28.7. The summed E-state index contributed by atoms with van der Waals surface area (Å²) < 4.78 is 6.41. The number of carbonyl (C=O) groups is 2. The molecule has 0 saturated carbocycles. The van der Waals surface area contributed by atoms with E-state index in [4.69, 9.17) is 4.42 Å². The van der Waals surface area contributed by atoms with Crippen LogP contribution in [0.5, 0.6) is 0 Å². The van der Waals surface area contributed by atoms with Crippen LogP contribution in [0.2, 0.25) is 0 Å². The standard InChI is InChI=1S/C34H28N2O5/c1-20-14-27(21(2)35-29-11-7-6-10-26(29)34(39)40)32-28(15-20)30(37)17-31(41-32)23-12-13-25-24(16-23)19-36(33(25)38)18-22-8-4-3-5-9-22/h3-17,21,35H,18-19H2,1-2H3,(H,39,40). The molecule has 0 bridgehead atoms. The molecule has 0 saturated heterocycles. The van der Waals surface area contributed by atoms with Gasteiger partial charge in [-0.3, -0.25) is 9.59 Å². The van der Waals surface area contributed by atoms with Crippen LogP contribution in [0.15, 0.2) is 100 Å². The molecule has 0 fully saturated rings. The molecule has 0 aliphatic carbocycles. The van der Waals surface area contributed by atoms with Crippen LogP contribution in [0, 0.1) is 6.92 Å². The van der Waals surface area contributed by atoms with Gasteiger partial charge in [-0.1, -0.05) is 54.6 Å². The summed E-state index contributed by atoms with van der Waals surface area (Å²) in [6, 6.07) is 27.0. The van der Waals surface area contributed by atoms with Crippen molar-refractivity contribution in [1.82, 2.24) is 4.90 Å². The molecular formula is C34H28N2O5. The minimum absolute atomic E-state index is 0.0188. The van der Waals surface area contributed by atoms with Crippen molar-refractivity contribution in [2.24, 2.45) is 0 Å². The number of para-hydroxylation sites is 1. The van der Waals surface area contributed by atoms with Gasteiger partial charge < -0.3 is 19.7 Å². The van der Waals surface area contributed by atoms with Crippen molar-refractivity contribution in [3.8, 4) is 11.3 Å². The van der Waals surface area contributed by atoms with Crippen LogP contribution in [0.25, 0.3) is 22.3 Å². The molecule has 6 rings (SSSR count). The highest BCUT2D eigenvalue weighted by Gasteiger charge is 2.28. The summed E-state index contributed by atoms with van der Waals surface area (Å²) in [5.41, 5.74) is 5.84. The van der Waals surface area contributed by atoms with Crippen LogP contribution in [0.3, 0.4) is 0 Å². The molecule has 204 valence electrons. The Labute approximate surface area is 236 Å². The van der Waals surface area contributed by atoms with Gasteiger partial charge in [-0.05, 0) is 60.9 Å². The molecule has 41 heavy (non-hydrogen) atoms. The summed E-state index contributed by atoms with van der Waals surface area (Å²) in [5.74, 6) is -0.641. The fourth-order valence-corrected chi connectivity index (χ4v) is 5.47. The smallest absolute Gasteiger partial charge is 0.337 e. The predicted molar refractivity (Wildman–Crippen MR) is 158 cm³/mol. The number of carboxylic acid groups (broad SMARTS) is 1. The third kappa shape index (κ3) is 4.98. The highest BCUT2D eigenvalue weighted by atomic mass is 16.4. The predicted octanol–water partition coefficient (Wildman–Crippen LogP) is 6.80. The number of aromatic carboxylic acids is 1. The molecule has 1 aromatic heterocycles.